The fourth-order valence-electron chi connectivity index (χ4n) is 3.92. The second-order valence-corrected chi connectivity index (χ2v) is 8.26. The molecule has 0 aliphatic carbocycles. The van der Waals surface area contributed by atoms with Crippen molar-refractivity contribution in [1.82, 2.24) is 25.5 Å². The van der Waals surface area contributed by atoms with Crippen LogP contribution in [0.25, 0.3) is 22.5 Å². The van der Waals surface area contributed by atoms with E-state index in [1.807, 2.05) is 24.3 Å². The van der Waals surface area contributed by atoms with Crippen LogP contribution in [0.15, 0.2) is 65.7 Å². The van der Waals surface area contributed by atoms with Crippen molar-refractivity contribution in [3.63, 3.8) is 0 Å². The van der Waals surface area contributed by atoms with Crippen LogP contribution in [-0.4, -0.2) is 54.0 Å². The van der Waals surface area contributed by atoms with Crippen LogP contribution in [0.5, 0.6) is 0 Å². The van der Waals surface area contributed by atoms with Crippen LogP contribution in [0.4, 0.5) is 0 Å². The van der Waals surface area contributed by atoms with Crippen molar-refractivity contribution < 1.29 is 9.90 Å². The third kappa shape index (κ3) is 5.28. The number of carboxylic acid groups (broad SMARTS) is 1. The molecule has 1 aromatic heterocycles. The van der Waals surface area contributed by atoms with Crippen LogP contribution >= 0.6 is 11.6 Å². The highest BCUT2D eigenvalue weighted by Crippen LogP contribution is 2.31. The number of amidine groups is 1. The molecule has 2 aromatic carbocycles. The number of rotatable bonds is 9. The Bertz CT molecular complexity index is 1140. The van der Waals surface area contributed by atoms with Crippen molar-refractivity contribution in [3.8, 4) is 22.5 Å². The minimum atomic E-state index is -0.995. The van der Waals surface area contributed by atoms with Gasteiger partial charge in [0, 0.05) is 24.6 Å². The molecule has 0 saturated heterocycles. The molecule has 4 rings (SSSR count). The van der Waals surface area contributed by atoms with Crippen molar-refractivity contribution in [2.75, 3.05) is 0 Å². The van der Waals surface area contributed by atoms with Crippen LogP contribution in [0.2, 0.25) is 0 Å². The lowest BCUT2D eigenvalue weighted by Crippen LogP contribution is -2.36. The molecule has 2 atom stereocenters. The predicted molar refractivity (Wildman–Crippen MR) is 128 cm³/mol. The number of aliphatic imine (C=N–C) groups is 1. The normalized spacial score (nSPS) is 18.1. The number of alkyl halides is 1. The van der Waals surface area contributed by atoms with Gasteiger partial charge in [0.1, 0.15) is 11.3 Å². The summed E-state index contributed by atoms with van der Waals surface area (Å²) in [6, 6.07) is 15.9. The third-order valence-corrected chi connectivity index (χ3v) is 5.92. The molecule has 33 heavy (non-hydrogen) atoms. The Morgan fingerprint density at radius 2 is 1.94 bits per heavy atom. The first-order valence-corrected chi connectivity index (χ1v) is 11.3. The number of aromatic amines is 1. The lowest BCUT2D eigenvalue weighted by Gasteiger charge is -2.27. The van der Waals surface area contributed by atoms with E-state index < -0.39 is 11.5 Å². The lowest BCUT2D eigenvalue weighted by atomic mass is 9.98. The number of aliphatic carboxylic acids is 1. The number of hydrogen-bond acceptors (Lipinski definition) is 6. The quantitative estimate of drug-likeness (QED) is 0.274. The van der Waals surface area contributed by atoms with E-state index in [1.54, 1.807) is 6.08 Å². The molecule has 0 saturated carbocycles. The molecule has 1 aliphatic rings. The second-order valence-electron chi connectivity index (χ2n) is 7.82. The summed E-state index contributed by atoms with van der Waals surface area (Å²) in [6.07, 6.45) is 5.62. The maximum absolute atomic E-state index is 11.1. The first-order valence-electron chi connectivity index (χ1n) is 10.9. The van der Waals surface area contributed by atoms with E-state index in [1.165, 1.54) is 0 Å². The molecular weight excluding hydrogens is 440 g/mol. The zero-order valence-corrected chi connectivity index (χ0v) is 19.0. The number of hydrogen-bond donors (Lipinski definition) is 2. The van der Waals surface area contributed by atoms with Crippen LogP contribution in [-0.2, 0) is 11.3 Å². The van der Waals surface area contributed by atoms with Crippen LogP contribution in [0, 0.1) is 0 Å². The van der Waals surface area contributed by atoms with E-state index >= 15 is 0 Å². The Morgan fingerprint density at radius 3 is 2.61 bits per heavy atom. The van der Waals surface area contributed by atoms with Gasteiger partial charge in [-0.2, -0.15) is 5.21 Å². The zero-order valence-electron chi connectivity index (χ0n) is 18.2. The number of H-pyrrole nitrogens is 1. The molecule has 9 heteroatoms. The number of tetrazole rings is 1. The van der Waals surface area contributed by atoms with Crippen molar-refractivity contribution in [1.29, 1.82) is 0 Å². The number of nitrogens with one attached hydrogen (secondary N) is 1. The standard InChI is InChI=1S/C24H25ClN6O2/c1-2-3-8-21-26-23(25)20(13-14-22(32)33)31(21)15-16-9-11-17(12-10-16)18-6-4-5-7-19(18)24-27-29-30-28-24/h4-7,9-14,20,23H,2-3,8,15H2,1H3,(H,32,33)(H,27,28,29,30)/b14-13+. The van der Waals surface area contributed by atoms with Crippen molar-refractivity contribution in [2.24, 2.45) is 4.99 Å². The smallest absolute Gasteiger partial charge is 0.328 e. The Labute approximate surface area is 197 Å². The minimum Gasteiger partial charge on any atom is -0.478 e. The van der Waals surface area contributed by atoms with E-state index in [0.717, 1.165) is 53.4 Å². The average Bonchev–Trinajstić information content (AvgIpc) is 3.45. The maximum Gasteiger partial charge on any atom is 0.328 e. The second kappa shape index (κ2) is 10.4. The van der Waals surface area contributed by atoms with E-state index in [2.05, 4.69) is 61.7 Å². The molecule has 170 valence electrons. The van der Waals surface area contributed by atoms with Gasteiger partial charge in [0.15, 0.2) is 0 Å². The molecule has 0 fully saturated rings. The predicted octanol–water partition coefficient (Wildman–Crippen LogP) is 4.51. The highest BCUT2D eigenvalue weighted by Gasteiger charge is 2.32. The summed E-state index contributed by atoms with van der Waals surface area (Å²) in [7, 11) is 0. The van der Waals surface area contributed by atoms with E-state index in [0.29, 0.717) is 12.4 Å². The van der Waals surface area contributed by atoms with Gasteiger partial charge < -0.3 is 10.0 Å². The molecule has 0 radical (unpaired) electrons. The highest BCUT2D eigenvalue weighted by atomic mass is 35.5. The largest absolute Gasteiger partial charge is 0.478 e. The van der Waals surface area contributed by atoms with Gasteiger partial charge in [-0.1, -0.05) is 79.6 Å². The zero-order chi connectivity index (χ0) is 23.2. The number of unbranched alkanes of at least 4 members (excludes halogenated alkanes) is 1. The first kappa shape index (κ1) is 22.7. The number of benzene rings is 2. The van der Waals surface area contributed by atoms with Gasteiger partial charge in [-0.15, -0.1) is 10.2 Å². The number of nitrogens with zero attached hydrogens (tertiary/aromatic N) is 5. The van der Waals surface area contributed by atoms with Crippen LogP contribution in [0.1, 0.15) is 31.7 Å². The third-order valence-electron chi connectivity index (χ3n) is 5.57. The summed E-state index contributed by atoms with van der Waals surface area (Å²) in [5.74, 6) is 0.471. The summed E-state index contributed by atoms with van der Waals surface area (Å²) < 4.78 is 0. The van der Waals surface area contributed by atoms with Gasteiger partial charge in [0.05, 0.1) is 6.04 Å². The van der Waals surface area contributed by atoms with E-state index in [-0.39, 0.29) is 6.04 Å². The number of halogens is 1. The Kier molecular flexibility index (Phi) is 7.14. The molecule has 1 aliphatic heterocycles. The fourth-order valence-corrected chi connectivity index (χ4v) is 4.25. The molecule has 0 spiro atoms. The molecule has 2 unspecified atom stereocenters. The SMILES string of the molecule is CCCCC1=NC(Cl)C(/C=C/C(=O)O)N1Cc1ccc(-c2ccccc2-c2nn[nH]n2)cc1. The van der Waals surface area contributed by atoms with E-state index in [9.17, 15) is 4.79 Å². The highest BCUT2D eigenvalue weighted by molar-refractivity contribution is 6.22. The summed E-state index contributed by atoms with van der Waals surface area (Å²) in [4.78, 5) is 17.8. The molecular formula is C24H25ClN6O2. The van der Waals surface area contributed by atoms with Gasteiger partial charge in [0.25, 0.3) is 0 Å². The fraction of sp³-hybridized carbons (Fsp3) is 0.292. The van der Waals surface area contributed by atoms with Crippen molar-refractivity contribution in [3.05, 3.63) is 66.2 Å². The maximum atomic E-state index is 11.1. The summed E-state index contributed by atoms with van der Waals surface area (Å²) in [6.45, 7) is 2.72. The minimum absolute atomic E-state index is 0.298. The monoisotopic (exact) mass is 464 g/mol. The van der Waals surface area contributed by atoms with Crippen LogP contribution in [0.3, 0.4) is 0 Å². The molecule has 3 aromatic rings. The summed E-state index contributed by atoms with van der Waals surface area (Å²) in [5, 5.41) is 23.5. The number of aromatic nitrogens is 4. The Morgan fingerprint density at radius 1 is 1.18 bits per heavy atom. The summed E-state index contributed by atoms with van der Waals surface area (Å²) >= 11 is 6.47. The Hall–Kier alpha value is -3.52. The van der Waals surface area contributed by atoms with E-state index in [4.69, 9.17) is 16.7 Å². The van der Waals surface area contributed by atoms with Gasteiger partial charge in [-0.3, -0.25) is 4.99 Å². The number of carbonyl (C=O) groups is 1. The molecule has 2 heterocycles. The summed E-state index contributed by atoms with van der Waals surface area (Å²) in [5.41, 5.74) is 3.53. The topological polar surface area (TPSA) is 107 Å². The van der Waals surface area contributed by atoms with Crippen LogP contribution < -0.4 is 0 Å². The molecule has 2 N–H and O–H groups in total. The molecule has 0 bridgehead atoms. The van der Waals surface area contributed by atoms with Gasteiger partial charge in [-0.05, 0) is 28.3 Å². The number of carboxylic acids is 1. The molecule has 8 nitrogen and oxygen atoms in total. The van der Waals surface area contributed by atoms with Gasteiger partial charge >= 0.3 is 5.97 Å². The van der Waals surface area contributed by atoms with Gasteiger partial charge in [-0.25, -0.2) is 4.79 Å². The average molecular weight is 465 g/mol. The lowest BCUT2D eigenvalue weighted by molar-refractivity contribution is -0.131. The Balaban J connectivity index is 1.57. The van der Waals surface area contributed by atoms with Gasteiger partial charge in [0.2, 0.25) is 5.82 Å². The van der Waals surface area contributed by atoms with Crippen molar-refractivity contribution in [2.45, 2.75) is 44.3 Å². The first-order chi connectivity index (χ1) is 16.1. The molecule has 0 amide bonds. The van der Waals surface area contributed by atoms with Crippen molar-refractivity contribution >= 4 is 23.4 Å².